The predicted octanol–water partition coefficient (Wildman–Crippen LogP) is 2.94. The second-order valence-corrected chi connectivity index (χ2v) is 4.95. The number of unbranched alkanes of at least 4 members (excludes halogenated alkanes) is 3. The molecule has 4 heteroatoms. The summed E-state index contributed by atoms with van der Waals surface area (Å²) >= 11 is 0. The normalized spacial score (nSPS) is 13.0. The van der Waals surface area contributed by atoms with E-state index in [1.54, 1.807) is 0 Å². The monoisotopic (exact) mass is 277 g/mol. The van der Waals surface area contributed by atoms with E-state index in [1.165, 1.54) is 19.3 Å². The molecule has 0 amide bonds. The number of nitrogens with two attached hydrogens (primary N) is 1. The summed E-state index contributed by atoms with van der Waals surface area (Å²) in [4.78, 5) is 4.30. The van der Waals surface area contributed by atoms with E-state index in [-0.39, 0.29) is 6.10 Å². The number of para-hydroxylation sites is 1. The van der Waals surface area contributed by atoms with Crippen LogP contribution >= 0.6 is 0 Å². The van der Waals surface area contributed by atoms with Crippen LogP contribution in [0.3, 0.4) is 0 Å². The van der Waals surface area contributed by atoms with Gasteiger partial charge in [0, 0.05) is 6.54 Å². The molecule has 1 aromatic carbocycles. The number of aliphatic imine (C=N–C) groups is 1. The van der Waals surface area contributed by atoms with Crippen LogP contribution in [0.15, 0.2) is 35.3 Å². The largest absolute Gasteiger partial charge is 0.489 e. The molecule has 0 fully saturated rings. The zero-order valence-electron chi connectivity index (χ0n) is 12.6. The van der Waals surface area contributed by atoms with E-state index >= 15 is 0 Å². The molecular formula is C16H27N3O. The molecule has 0 radical (unpaired) electrons. The van der Waals surface area contributed by atoms with Crippen molar-refractivity contribution in [3.05, 3.63) is 30.3 Å². The maximum absolute atomic E-state index is 5.81. The molecule has 0 aliphatic rings. The zero-order valence-corrected chi connectivity index (χ0v) is 12.6. The Morgan fingerprint density at radius 3 is 2.70 bits per heavy atom. The van der Waals surface area contributed by atoms with Crippen molar-refractivity contribution in [3.8, 4) is 5.75 Å². The van der Waals surface area contributed by atoms with Crippen LogP contribution in [0.5, 0.6) is 5.75 Å². The highest BCUT2D eigenvalue weighted by Crippen LogP contribution is 2.10. The van der Waals surface area contributed by atoms with Crippen molar-refractivity contribution in [2.45, 2.75) is 45.6 Å². The van der Waals surface area contributed by atoms with E-state index in [0.29, 0.717) is 12.5 Å². The third-order valence-electron chi connectivity index (χ3n) is 2.94. The molecule has 0 heterocycles. The Morgan fingerprint density at radius 2 is 2.00 bits per heavy atom. The van der Waals surface area contributed by atoms with Crippen molar-refractivity contribution in [1.29, 1.82) is 0 Å². The fraction of sp³-hybridized carbons (Fsp3) is 0.562. The first kappa shape index (κ1) is 16.3. The van der Waals surface area contributed by atoms with Gasteiger partial charge in [-0.2, -0.15) is 0 Å². The Labute approximate surface area is 122 Å². The molecule has 1 unspecified atom stereocenters. The second kappa shape index (κ2) is 10.1. The van der Waals surface area contributed by atoms with Gasteiger partial charge in [0.2, 0.25) is 0 Å². The quantitative estimate of drug-likeness (QED) is 0.414. The van der Waals surface area contributed by atoms with Crippen LogP contribution in [0.1, 0.15) is 39.5 Å². The van der Waals surface area contributed by atoms with E-state index in [1.807, 2.05) is 37.3 Å². The third-order valence-corrected chi connectivity index (χ3v) is 2.94. The standard InChI is InChI=1S/C16H27N3O/c1-3-4-5-9-12-18-16(17)19-13-14(2)20-15-10-7-6-8-11-15/h6-8,10-11,14H,3-5,9,12-13H2,1-2H3,(H3,17,18,19). The molecule has 0 aliphatic heterocycles. The van der Waals surface area contributed by atoms with Crippen molar-refractivity contribution in [2.75, 3.05) is 13.1 Å². The molecule has 3 N–H and O–H groups in total. The number of ether oxygens (including phenoxy) is 1. The Balaban J connectivity index is 2.18. The molecule has 0 aliphatic carbocycles. The number of rotatable bonds is 9. The highest BCUT2D eigenvalue weighted by molar-refractivity contribution is 5.77. The highest BCUT2D eigenvalue weighted by atomic mass is 16.5. The van der Waals surface area contributed by atoms with Gasteiger partial charge in [0.15, 0.2) is 5.96 Å². The van der Waals surface area contributed by atoms with Gasteiger partial charge in [-0.05, 0) is 25.5 Å². The van der Waals surface area contributed by atoms with Gasteiger partial charge in [-0.3, -0.25) is 0 Å². The molecule has 1 rings (SSSR count). The van der Waals surface area contributed by atoms with Crippen LogP contribution in [0.4, 0.5) is 0 Å². The molecule has 20 heavy (non-hydrogen) atoms. The van der Waals surface area contributed by atoms with Gasteiger partial charge in [0.25, 0.3) is 0 Å². The minimum Gasteiger partial charge on any atom is -0.489 e. The van der Waals surface area contributed by atoms with Crippen molar-refractivity contribution >= 4 is 5.96 Å². The van der Waals surface area contributed by atoms with Crippen molar-refractivity contribution in [3.63, 3.8) is 0 Å². The average Bonchev–Trinajstić information content (AvgIpc) is 2.46. The summed E-state index contributed by atoms with van der Waals surface area (Å²) in [5, 5.41) is 3.13. The predicted molar refractivity (Wildman–Crippen MR) is 85.2 cm³/mol. The van der Waals surface area contributed by atoms with Crippen LogP contribution in [-0.2, 0) is 0 Å². The number of hydrogen-bond donors (Lipinski definition) is 2. The van der Waals surface area contributed by atoms with Crippen LogP contribution < -0.4 is 15.8 Å². The summed E-state index contributed by atoms with van der Waals surface area (Å²) in [6.45, 7) is 5.65. The van der Waals surface area contributed by atoms with Gasteiger partial charge in [0.1, 0.15) is 11.9 Å². The van der Waals surface area contributed by atoms with Crippen LogP contribution in [0.25, 0.3) is 0 Å². The van der Waals surface area contributed by atoms with Crippen LogP contribution in [0, 0.1) is 0 Å². The Kier molecular flexibility index (Phi) is 8.27. The number of guanidine groups is 1. The number of hydrogen-bond acceptors (Lipinski definition) is 2. The number of benzene rings is 1. The third kappa shape index (κ3) is 7.67. The summed E-state index contributed by atoms with van der Waals surface area (Å²) in [5.41, 5.74) is 5.81. The summed E-state index contributed by atoms with van der Waals surface area (Å²) in [5.74, 6) is 1.37. The van der Waals surface area contributed by atoms with Gasteiger partial charge in [0.05, 0.1) is 6.54 Å². The van der Waals surface area contributed by atoms with Gasteiger partial charge in [-0.25, -0.2) is 4.99 Å². The Morgan fingerprint density at radius 1 is 1.25 bits per heavy atom. The minimum atomic E-state index is 0.0119. The Bertz CT molecular complexity index is 379. The first-order chi connectivity index (χ1) is 9.72. The van der Waals surface area contributed by atoms with E-state index < -0.39 is 0 Å². The van der Waals surface area contributed by atoms with Crippen LogP contribution in [0.2, 0.25) is 0 Å². The first-order valence-electron chi connectivity index (χ1n) is 7.48. The summed E-state index contributed by atoms with van der Waals surface area (Å²) in [6.07, 6.45) is 4.92. The lowest BCUT2D eigenvalue weighted by atomic mass is 10.2. The SMILES string of the molecule is CCCCCCNC(N)=NCC(C)Oc1ccccc1. The molecule has 0 bridgehead atoms. The number of nitrogens with zero attached hydrogens (tertiary/aromatic N) is 1. The lowest BCUT2D eigenvalue weighted by molar-refractivity contribution is 0.230. The maximum atomic E-state index is 5.81. The van der Waals surface area contributed by atoms with E-state index in [0.717, 1.165) is 18.7 Å². The second-order valence-electron chi connectivity index (χ2n) is 4.95. The van der Waals surface area contributed by atoms with E-state index in [4.69, 9.17) is 10.5 Å². The van der Waals surface area contributed by atoms with Crippen molar-refractivity contribution in [2.24, 2.45) is 10.7 Å². The molecule has 1 atom stereocenters. The van der Waals surface area contributed by atoms with Crippen molar-refractivity contribution < 1.29 is 4.74 Å². The molecule has 0 saturated carbocycles. The maximum Gasteiger partial charge on any atom is 0.188 e. The molecule has 0 saturated heterocycles. The topological polar surface area (TPSA) is 59.6 Å². The summed E-state index contributed by atoms with van der Waals surface area (Å²) < 4.78 is 5.73. The van der Waals surface area contributed by atoms with Crippen LogP contribution in [-0.4, -0.2) is 25.2 Å². The van der Waals surface area contributed by atoms with Gasteiger partial charge in [-0.15, -0.1) is 0 Å². The highest BCUT2D eigenvalue weighted by Gasteiger charge is 2.02. The molecule has 0 aromatic heterocycles. The minimum absolute atomic E-state index is 0.0119. The molecule has 1 aromatic rings. The molecule has 4 nitrogen and oxygen atoms in total. The zero-order chi connectivity index (χ0) is 14.6. The van der Waals surface area contributed by atoms with E-state index in [2.05, 4.69) is 17.2 Å². The summed E-state index contributed by atoms with van der Waals surface area (Å²) in [7, 11) is 0. The first-order valence-corrected chi connectivity index (χ1v) is 7.48. The van der Waals surface area contributed by atoms with Crippen molar-refractivity contribution in [1.82, 2.24) is 5.32 Å². The fourth-order valence-corrected chi connectivity index (χ4v) is 1.82. The van der Waals surface area contributed by atoms with Gasteiger partial charge in [-0.1, -0.05) is 44.4 Å². The summed E-state index contributed by atoms with van der Waals surface area (Å²) in [6, 6.07) is 9.76. The van der Waals surface area contributed by atoms with Gasteiger partial charge >= 0.3 is 0 Å². The lowest BCUT2D eigenvalue weighted by Gasteiger charge is -2.13. The number of nitrogens with one attached hydrogen (secondary N) is 1. The lowest BCUT2D eigenvalue weighted by Crippen LogP contribution is -2.33. The van der Waals surface area contributed by atoms with E-state index in [9.17, 15) is 0 Å². The van der Waals surface area contributed by atoms with Gasteiger partial charge < -0.3 is 15.8 Å². The Hall–Kier alpha value is -1.71. The smallest absolute Gasteiger partial charge is 0.188 e. The molecular weight excluding hydrogens is 250 g/mol. The molecule has 0 spiro atoms. The average molecular weight is 277 g/mol. The molecule has 112 valence electrons. The fourth-order valence-electron chi connectivity index (χ4n) is 1.82.